The quantitative estimate of drug-likeness (QED) is 0.857. The zero-order chi connectivity index (χ0) is 12.1. The molecule has 2 nitrogen and oxygen atoms in total. The van der Waals surface area contributed by atoms with Gasteiger partial charge in [-0.15, -0.1) is 0 Å². The van der Waals surface area contributed by atoms with Crippen molar-refractivity contribution in [2.24, 2.45) is 0 Å². The van der Waals surface area contributed by atoms with Crippen molar-refractivity contribution in [3.05, 3.63) is 36.8 Å². The molecule has 0 saturated carbocycles. The molecule has 0 aliphatic carbocycles. The molecule has 1 aliphatic heterocycles. The molecule has 1 N–H and O–H groups in total. The maximum absolute atomic E-state index is 3.91. The van der Waals surface area contributed by atoms with Crippen molar-refractivity contribution in [2.45, 2.75) is 32.2 Å². The van der Waals surface area contributed by atoms with Crippen molar-refractivity contribution in [3.8, 4) is 0 Å². The van der Waals surface area contributed by atoms with E-state index in [0.717, 1.165) is 19.0 Å². The molecule has 1 fully saturated rings. The highest BCUT2D eigenvalue weighted by molar-refractivity contribution is 5.48. The van der Waals surface area contributed by atoms with Crippen molar-refractivity contribution in [3.63, 3.8) is 0 Å². The van der Waals surface area contributed by atoms with Crippen molar-refractivity contribution < 1.29 is 0 Å². The molecule has 17 heavy (non-hydrogen) atoms. The van der Waals surface area contributed by atoms with Gasteiger partial charge in [0.25, 0.3) is 0 Å². The highest BCUT2D eigenvalue weighted by Crippen LogP contribution is 2.20. The number of anilines is 1. The molecule has 2 rings (SSSR count). The lowest BCUT2D eigenvalue weighted by atomic mass is 10.0. The smallest absolute Gasteiger partial charge is 0.0366 e. The Balaban J connectivity index is 1.91. The van der Waals surface area contributed by atoms with Gasteiger partial charge in [-0.2, -0.15) is 0 Å². The lowest BCUT2D eigenvalue weighted by Gasteiger charge is -2.34. The summed E-state index contributed by atoms with van der Waals surface area (Å²) in [6, 6.07) is 9.56. The van der Waals surface area contributed by atoms with Gasteiger partial charge in [0.2, 0.25) is 0 Å². The molecule has 0 atom stereocenters. The van der Waals surface area contributed by atoms with E-state index in [0.29, 0.717) is 0 Å². The minimum Gasteiger partial charge on any atom is -0.371 e. The largest absolute Gasteiger partial charge is 0.371 e. The number of nitrogens with one attached hydrogen (secondary N) is 1. The SMILES string of the molecule is [CH2]Cc1ccc(N2CCC(NCC)CC2)cc1. The van der Waals surface area contributed by atoms with E-state index in [4.69, 9.17) is 0 Å². The third kappa shape index (κ3) is 3.22. The second-order valence-electron chi connectivity index (χ2n) is 4.74. The molecule has 1 aromatic rings. The summed E-state index contributed by atoms with van der Waals surface area (Å²) in [4.78, 5) is 2.49. The first-order valence-electron chi connectivity index (χ1n) is 6.70. The van der Waals surface area contributed by atoms with Gasteiger partial charge in [0.15, 0.2) is 0 Å². The third-order valence-corrected chi connectivity index (χ3v) is 3.58. The molecule has 93 valence electrons. The minimum absolute atomic E-state index is 0.718. The van der Waals surface area contributed by atoms with Crippen LogP contribution in [0.15, 0.2) is 24.3 Å². The normalized spacial score (nSPS) is 17.4. The van der Waals surface area contributed by atoms with Gasteiger partial charge in [-0.1, -0.05) is 19.1 Å². The Labute approximate surface area is 105 Å². The number of rotatable bonds is 4. The fourth-order valence-corrected chi connectivity index (χ4v) is 2.50. The fourth-order valence-electron chi connectivity index (χ4n) is 2.50. The molecule has 1 radical (unpaired) electrons. The third-order valence-electron chi connectivity index (χ3n) is 3.58. The molecule has 2 heteroatoms. The van der Waals surface area contributed by atoms with Crippen LogP contribution < -0.4 is 10.2 Å². The molecule has 0 amide bonds. The van der Waals surface area contributed by atoms with E-state index in [1.54, 1.807) is 0 Å². The van der Waals surface area contributed by atoms with Crippen LogP contribution >= 0.6 is 0 Å². The summed E-state index contributed by atoms with van der Waals surface area (Å²) in [5.74, 6) is 0. The first kappa shape index (κ1) is 12.4. The lowest BCUT2D eigenvalue weighted by molar-refractivity contribution is 0.424. The monoisotopic (exact) mass is 231 g/mol. The molecule has 0 aromatic heterocycles. The van der Waals surface area contributed by atoms with E-state index in [1.807, 2.05) is 0 Å². The molecule has 1 aromatic carbocycles. The summed E-state index contributed by atoms with van der Waals surface area (Å²) in [6.45, 7) is 9.51. The number of piperidine rings is 1. The van der Waals surface area contributed by atoms with E-state index in [2.05, 4.69) is 48.3 Å². The summed E-state index contributed by atoms with van der Waals surface area (Å²) in [5.41, 5.74) is 2.67. The van der Waals surface area contributed by atoms with Gasteiger partial charge >= 0.3 is 0 Å². The molecule has 0 unspecified atom stereocenters. The maximum Gasteiger partial charge on any atom is 0.0366 e. The van der Waals surface area contributed by atoms with Crippen LogP contribution in [0.3, 0.4) is 0 Å². The van der Waals surface area contributed by atoms with Crippen LogP contribution in [0.4, 0.5) is 5.69 Å². The predicted molar refractivity (Wildman–Crippen MR) is 74.4 cm³/mol. The van der Waals surface area contributed by atoms with Crippen molar-refractivity contribution in [2.75, 3.05) is 24.5 Å². The summed E-state index contributed by atoms with van der Waals surface area (Å²) in [7, 11) is 0. The van der Waals surface area contributed by atoms with Gasteiger partial charge in [0, 0.05) is 24.8 Å². The summed E-state index contributed by atoms with van der Waals surface area (Å²) < 4.78 is 0. The summed E-state index contributed by atoms with van der Waals surface area (Å²) in [6.07, 6.45) is 3.39. The summed E-state index contributed by atoms with van der Waals surface area (Å²) in [5, 5.41) is 3.54. The molecule has 1 heterocycles. The van der Waals surface area contributed by atoms with Crippen LogP contribution in [0.5, 0.6) is 0 Å². The van der Waals surface area contributed by atoms with Gasteiger partial charge in [-0.05, 0) is 50.4 Å². The lowest BCUT2D eigenvalue weighted by Crippen LogP contribution is -2.42. The highest BCUT2D eigenvalue weighted by atomic mass is 15.1. The van der Waals surface area contributed by atoms with E-state index in [1.165, 1.54) is 37.2 Å². The second-order valence-corrected chi connectivity index (χ2v) is 4.74. The fraction of sp³-hybridized carbons (Fsp3) is 0.533. The van der Waals surface area contributed by atoms with Crippen LogP contribution in [0, 0.1) is 6.92 Å². The topological polar surface area (TPSA) is 15.3 Å². The first-order valence-corrected chi connectivity index (χ1v) is 6.70. The number of benzene rings is 1. The van der Waals surface area contributed by atoms with E-state index >= 15 is 0 Å². The van der Waals surface area contributed by atoms with Gasteiger partial charge in [0.05, 0.1) is 0 Å². The molecule has 0 spiro atoms. The van der Waals surface area contributed by atoms with Gasteiger partial charge in [-0.3, -0.25) is 0 Å². The Bertz CT molecular complexity index is 323. The Kier molecular flexibility index (Phi) is 4.43. The Morgan fingerprint density at radius 3 is 2.41 bits per heavy atom. The van der Waals surface area contributed by atoms with Crippen molar-refractivity contribution >= 4 is 5.69 Å². The van der Waals surface area contributed by atoms with Gasteiger partial charge in [0.1, 0.15) is 0 Å². The zero-order valence-corrected chi connectivity index (χ0v) is 10.8. The number of nitrogens with zero attached hydrogens (tertiary/aromatic N) is 1. The maximum atomic E-state index is 3.91. The van der Waals surface area contributed by atoms with Crippen molar-refractivity contribution in [1.82, 2.24) is 5.32 Å². The molecule has 1 saturated heterocycles. The Hall–Kier alpha value is -1.02. The Morgan fingerprint density at radius 1 is 1.24 bits per heavy atom. The second kappa shape index (κ2) is 6.06. The minimum atomic E-state index is 0.718. The molecular weight excluding hydrogens is 208 g/mol. The molecule has 0 bridgehead atoms. The van der Waals surface area contributed by atoms with Crippen LogP contribution in [-0.4, -0.2) is 25.7 Å². The van der Waals surface area contributed by atoms with Crippen molar-refractivity contribution in [1.29, 1.82) is 0 Å². The van der Waals surface area contributed by atoms with Crippen LogP contribution in [0.25, 0.3) is 0 Å². The average molecular weight is 231 g/mol. The molecular formula is C15H23N2. The first-order chi connectivity index (χ1) is 8.33. The van der Waals surface area contributed by atoms with E-state index < -0.39 is 0 Å². The summed E-state index contributed by atoms with van der Waals surface area (Å²) >= 11 is 0. The van der Waals surface area contributed by atoms with Crippen LogP contribution in [0.1, 0.15) is 25.3 Å². The number of hydrogen-bond acceptors (Lipinski definition) is 2. The predicted octanol–water partition coefficient (Wildman–Crippen LogP) is 2.64. The number of hydrogen-bond donors (Lipinski definition) is 1. The van der Waals surface area contributed by atoms with Gasteiger partial charge < -0.3 is 10.2 Å². The molecule has 1 aliphatic rings. The highest BCUT2D eigenvalue weighted by Gasteiger charge is 2.18. The average Bonchev–Trinajstić information content (AvgIpc) is 2.40. The Morgan fingerprint density at radius 2 is 1.88 bits per heavy atom. The van der Waals surface area contributed by atoms with Crippen LogP contribution in [0.2, 0.25) is 0 Å². The van der Waals surface area contributed by atoms with E-state index in [9.17, 15) is 0 Å². The van der Waals surface area contributed by atoms with Crippen LogP contribution in [-0.2, 0) is 6.42 Å². The zero-order valence-electron chi connectivity index (χ0n) is 10.8. The van der Waals surface area contributed by atoms with Gasteiger partial charge in [-0.25, -0.2) is 0 Å². The van der Waals surface area contributed by atoms with E-state index in [-0.39, 0.29) is 0 Å². The standard InChI is InChI=1S/C15H23N2/c1-3-13-5-7-15(8-6-13)17-11-9-14(10-12-17)16-4-2/h5-8,14,16H,1,3-4,9-12H2,2H3.